The number of nitrogens with one attached hydrogen (secondary N) is 1. The number of aromatic nitrogens is 3. The summed E-state index contributed by atoms with van der Waals surface area (Å²) in [6, 6.07) is 9.31. The molecule has 0 aliphatic carbocycles. The van der Waals surface area contributed by atoms with Crippen molar-refractivity contribution >= 4 is 28.8 Å². The summed E-state index contributed by atoms with van der Waals surface area (Å²) in [5.41, 5.74) is 8.94. The van der Waals surface area contributed by atoms with E-state index < -0.39 is 23.8 Å². The number of likely N-dealkylation sites (tertiary alicyclic amines) is 2. The molecule has 46 heavy (non-hydrogen) atoms. The summed E-state index contributed by atoms with van der Waals surface area (Å²) in [5.74, 6) is -0.521. The number of hydrogen-bond donors (Lipinski definition) is 2. The third-order valence-electron chi connectivity index (χ3n) is 9.17. The monoisotopic (exact) mass is 641 g/mol. The van der Waals surface area contributed by atoms with E-state index in [1.165, 1.54) is 12.1 Å². The third kappa shape index (κ3) is 8.23. The zero-order valence-electron chi connectivity index (χ0n) is 26.1. The van der Waals surface area contributed by atoms with Crippen LogP contribution in [0.1, 0.15) is 68.1 Å². The molecule has 10 nitrogen and oxygen atoms in total. The lowest BCUT2D eigenvalue weighted by atomic mass is 9.96. The summed E-state index contributed by atoms with van der Waals surface area (Å²) < 4.78 is 40.3. The van der Waals surface area contributed by atoms with Gasteiger partial charge in [-0.1, -0.05) is 29.8 Å². The van der Waals surface area contributed by atoms with Crippen LogP contribution in [0.3, 0.4) is 0 Å². The van der Waals surface area contributed by atoms with Crippen molar-refractivity contribution in [3.05, 3.63) is 59.2 Å². The van der Waals surface area contributed by atoms with Crippen LogP contribution >= 0.6 is 0 Å². The number of hydrogen-bond acceptors (Lipinski definition) is 6. The molecule has 3 heterocycles. The number of carbonyl (C=O) groups is 3. The van der Waals surface area contributed by atoms with Crippen LogP contribution in [0.15, 0.2) is 42.5 Å². The van der Waals surface area contributed by atoms with Crippen LogP contribution in [-0.4, -0.2) is 74.2 Å². The molecule has 3 N–H and O–H groups in total. The van der Waals surface area contributed by atoms with Gasteiger partial charge in [0.05, 0.1) is 17.1 Å². The Balaban J connectivity index is 1.18. The molecule has 2 aliphatic rings. The first-order valence-electron chi connectivity index (χ1n) is 16.1. The molecule has 3 amide bonds. The van der Waals surface area contributed by atoms with Gasteiger partial charge in [-0.2, -0.15) is 13.2 Å². The predicted molar refractivity (Wildman–Crippen MR) is 166 cm³/mol. The second-order valence-electron chi connectivity index (χ2n) is 12.5. The Kier molecular flexibility index (Phi) is 10.6. The fraction of sp³-hybridized carbons (Fsp3) is 0.545. The van der Waals surface area contributed by atoms with E-state index >= 15 is 0 Å². The fourth-order valence-corrected chi connectivity index (χ4v) is 6.49. The van der Waals surface area contributed by atoms with E-state index in [2.05, 4.69) is 15.6 Å². The molecule has 0 bridgehead atoms. The van der Waals surface area contributed by atoms with Crippen LogP contribution in [0.4, 0.5) is 13.2 Å². The normalized spacial score (nSPS) is 19.2. The molecule has 248 valence electrons. The van der Waals surface area contributed by atoms with E-state index in [9.17, 15) is 27.6 Å². The molecule has 3 atom stereocenters. The van der Waals surface area contributed by atoms with Crippen LogP contribution in [0.2, 0.25) is 0 Å². The van der Waals surface area contributed by atoms with Crippen molar-refractivity contribution in [1.82, 2.24) is 30.1 Å². The predicted octanol–water partition coefficient (Wildman–Crippen LogP) is 3.96. The molecule has 1 unspecified atom stereocenters. The molecular formula is C33H42F3N7O3. The van der Waals surface area contributed by atoms with Gasteiger partial charge in [0.15, 0.2) is 0 Å². The summed E-state index contributed by atoms with van der Waals surface area (Å²) in [7, 11) is 1.81. The number of benzene rings is 2. The average Bonchev–Trinajstić information content (AvgIpc) is 3.81. The first kappa shape index (κ1) is 33.4. The first-order valence-corrected chi connectivity index (χ1v) is 16.1. The molecule has 5 rings (SSSR count). The quantitative estimate of drug-likeness (QED) is 0.289. The highest BCUT2D eigenvalue weighted by molar-refractivity contribution is 5.90. The third-order valence-corrected chi connectivity index (χ3v) is 9.17. The highest BCUT2D eigenvalue weighted by Crippen LogP contribution is 2.31. The van der Waals surface area contributed by atoms with Gasteiger partial charge in [-0.25, -0.2) is 4.68 Å². The van der Waals surface area contributed by atoms with Gasteiger partial charge in [-0.15, -0.1) is 5.10 Å². The van der Waals surface area contributed by atoms with Gasteiger partial charge >= 0.3 is 6.18 Å². The minimum atomic E-state index is -4.36. The highest BCUT2D eigenvalue weighted by atomic mass is 19.4. The SMILES string of the molecule is Cn1nnc2cc(CNC(=O)[C@@H]3CC(CCCCc4ccc(C(F)(F)F)cc4)CN3C(=O)[C@H](N)CCC(=O)N3CCCC3)ccc21. The van der Waals surface area contributed by atoms with E-state index in [0.717, 1.165) is 79.5 Å². The lowest BCUT2D eigenvalue weighted by Crippen LogP contribution is -2.51. The van der Waals surface area contributed by atoms with E-state index in [4.69, 9.17) is 5.73 Å². The number of fused-ring (bicyclic) bond motifs is 1. The maximum absolute atomic E-state index is 13.6. The Morgan fingerprint density at radius 3 is 2.48 bits per heavy atom. The topological polar surface area (TPSA) is 126 Å². The number of unbranched alkanes of at least 4 members (excludes halogenated alkanes) is 1. The Morgan fingerprint density at radius 2 is 1.76 bits per heavy atom. The molecule has 13 heteroatoms. The summed E-state index contributed by atoms with van der Waals surface area (Å²) >= 11 is 0. The molecule has 2 saturated heterocycles. The summed E-state index contributed by atoms with van der Waals surface area (Å²) in [6.07, 6.45) is 1.49. The average molecular weight is 642 g/mol. The number of aryl methyl sites for hydroxylation is 2. The van der Waals surface area contributed by atoms with Gasteiger partial charge in [-0.3, -0.25) is 14.4 Å². The lowest BCUT2D eigenvalue weighted by molar-refractivity contribution is -0.140. The minimum absolute atomic E-state index is 0.00228. The lowest BCUT2D eigenvalue weighted by Gasteiger charge is -2.27. The van der Waals surface area contributed by atoms with Gasteiger partial charge in [0.1, 0.15) is 11.6 Å². The van der Waals surface area contributed by atoms with Gasteiger partial charge < -0.3 is 20.9 Å². The van der Waals surface area contributed by atoms with Crippen molar-refractivity contribution in [2.75, 3.05) is 19.6 Å². The summed E-state index contributed by atoms with van der Waals surface area (Å²) in [6.45, 7) is 2.12. The van der Waals surface area contributed by atoms with Crippen molar-refractivity contribution in [2.45, 2.75) is 82.6 Å². The molecule has 2 aliphatic heterocycles. The number of nitrogens with two attached hydrogens (primary N) is 1. The van der Waals surface area contributed by atoms with Gasteiger partial charge in [-0.05, 0) is 86.3 Å². The largest absolute Gasteiger partial charge is 0.416 e. The molecule has 0 spiro atoms. The van der Waals surface area contributed by atoms with Crippen LogP contribution in [0.25, 0.3) is 11.0 Å². The zero-order chi connectivity index (χ0) is 32.8. The van der Waals surface area contributed by atoms with Crippen molar-refractivity contribution in [3.63, 3.8) is 0 Å². The Morgan fingerprint density at radius 1 is 1.04 bits per heavy atom. The molecule has 3 aromatic rings. The van der Waals surface area contributed by atoms with Crippen LogP contribution in [0, 0.1) is 5.92 Å². The summed E-state index contributed by atoms with van der Waals surface area (Å²) in [4.78, 5) is 43.0. The van der Waals surface area contributed by atoms with Crippen molar-refractivity contribution in [3.8, 4) is 0 Å². The molecular weight excluding hydrogens is 599 g/mol. The number of amides is 3. The molecule has 0 radical (unpaired) electrons. The van der Waals surface area contributed by atoms with Crippen molar-refractivity contribution in [1.29, 1.82) is 0 Å². The maximum Gasteiger partial charge on any atom is 0.416 e. The van der Waals surface area contributed by atoms with E-state index in [-0.39, 0.29) is 43.0 Å². The highest BCUT2D eigenvalue weighted by Gasteiger charge is 2.40. The number of alkyl halides is 3. The van der Waals surface area contributed by atoms with Crippen LogP contribution < -0.4 is 11.1 Å². The molecule has 1 aromatic heterocycles. The standard InChI is InChI=1S/C33H42F3N7O3/c1-41-28-14-10-23(18-27(28)39-40-41)20-38-31(45)29-19-24(7-3-2-6-22-8-11-25(12-9-22)33(34,35)36)21-43(29)32(46)26(37)13-15-30(44)42-16-4-5-17-42/h8-12,14,18,24,26,29H,2-7,13,15-17,19-21,37H2,1H3,(H,38,45)/t24?,26-,29+/m1/s1. The van der Waals surface area contributed by atoms with Gasteiger partial charge in [0.2, 0.25) is 17.7 Å². The number of nitrogens with zero attached hydrogens (tertiary/aromatic N) is 5. The number of rotatable bonds is 12. The second kappa shape index (κ2) is 14.6. The number of halogens is 3. The smallest absolute Gasteiger partial charge is 0.350 e. The zero-order valence-corrected chi connectivity index (χ0v) is 26.1. The van der Waals surface area contributed by atoms with Crippen LogP contribution in [-0.2, 0) is 40.6 Å². The molecule has 0 saturated carbocycles. The van der Waals surface area contributed by atoms with E-state index in [0.29, 0.717) is 19.4 Å². The Labute approximate surface area is 266 Å². The Bertz CT molecular complexity index is 1520. The molecule has 2 aromatic carbocycles. The van der Waals surface area contributed by atoms with Crippen molar-refractivity contribution in [2.24, 2.45) is 18.7 Å². The van der Waals surface area contributed by atoms with Gasteiger partial charge in [0.25, 0.3) is 0 Å². The minimum Gasteiger partial charge on any atom is -0.350 e. The fourth-order valence-electron chi connectivity index (χ4n) is 6.49. The number of carbonyl (C=O) groups excluding carboxylic acids is 3. The van der Waals surface area contributed by atoms with E-state index in [1.54, 1.807) is 16.6 Å². The van der Waals surface area contributed by atoms with Crippen molar-refractivity contribution < 1.29 is 27.6 Å². The van der Waals surface area contributed by atoms with Gasteiger partial charge in [0, 0.05) is 39.6 Å². The second-order valence-corrected chi connectivity index (χ2v) is 12.5. The molecule has 2 fully saturated rings. The van der Waals surface area contributed by atoms with Crippen LogP contribution in [0.5, 0.6) is 0 Å². The van der Waals surface area contributed by atoms with E-state index in [1.807, 2.05) is 23.1 Å². The summed E-state index contributed by atoms with van der Waals surface area (Å²) in [5, 5.41) is 11.1. The Hall–Kier alpha value is -4.00. The first-order chi connectivity index (χ1) is 22.0. The maximum atomic E-state index is 13.6.